The second-order valence-electron chi connectivity index (χ2n) is 5.61. The smallest absolute Gasteiger partial charge is 0.255 e. The number of anilines is 1. The van der Waals surface area contributed by atoms with Gasteiger partial charge in [-0.3, -0.25) is 4.79 Å². The topological polar surface area (TPSA) is 59.6 Å². The van der Waals surface area contributed by atoms with E-state index in [-0.39, 0.29) is 18.3 Å². The molecule has 1 amide bonds. The van der Waals surface area contributed by atoms with E-state index in [9.17, 15) is 4.79 Å². The summed E-state index contributed by atoms with van der Waals surface area (Å²) < 4.78 is 10.6. The Hall–Kier alpha value is -2.08. The second-order valence-corrected chi connectivity index (χ2v) is 5.61. The summed E-state index contributed by atoms with van der Waals surface area (Å²) in [7, 11) is 1.67. The van der Waals surface area contributed by atoms with E-state index in [1.807, 2.05) is 36.4 Å². The van der Waals surface area contributed by atoms with Gasteiger partial charge in [0.1, 0.15) is 5.75 Å². The first-order chi connectivity index (χ1) is 12.2. The van der Waals surface area contributed by atoms with Gasteiger partial charge in [0.2, 0.25) is 0 Å². The van der Waals surface area contributed by atoms with Gasteiger partial charge >= 0.3 is 0 Å². The molecule has 0 atom stereocenters. The maximum absolute atomic E-state index is 12.5. The van der Waals surface area contributed by atoms with Gasteiger partial charge in [-0.2, -0.15) is 0 Å². The van der Waals surface area contributed by atoms with Crippen LogP contribution in [0.5, 0.6) is 5.75 Å². The lowest BCUT2D eigenvalue weighted by molar-refractivity contribution is 0.102. The van der Waals surface area contributed by atoms with Gasteiger partial charge in [-0.15, -0.1) is 12.4 Å². The normalized spacial score (nSPS) is 10.1. The van der Waals surface area contributed by atoms with Gasteiger partial charge in [0.15, 0.2) is 0 Å². The maximum atomic E-state index is 12.5. The van der Waals surface area contributed by atoms with Gasteiger partial charge in [0, 0.05) is 37.9 Å². The Morgan fingerprint density at radius 2 is 1.77 bits per heavy atom. The van der Waals surface area contributed by atoms with Gasteiger partial charge in [0.25, 0.3) is 5.91 Å². The van der Waals surface area contributed by atoms with E-state index in [0.717, 1.165) is 36.5 Å². The summed E-state index contributed by atoms with van der Waals surface area (Å²) in [6.45, 7) is 4.93. The van der Waals surface area contributed by atoms with Crippen molar-refractivity contribution in [2.24, 2.45) is 0 Å². The number of halogens is 1. The van der Waals surface area contributed by atoms with E-state index in [1.165, 1.54) is 0 Å². The molecule has 2 aromatic rings. The molecule has 6 heteroatoms. The van der Waals surface area contributed by atoms with Crippen LogP contribution in [-0.2, 0) is 11.3 Å². The summed E-state index contributed by atoms with van der Waals surface area (Å²) in [5, 5.41) is 6.26. The van der Waals surface area contributed by atoms with Crippen molar-refractivity contribution in [2.45, 2.75) is 19.9 Å². The van der Waals surface area contributed by atoms with Crippen molar-refractivity contribution < 1.29 is 14.3 Å². The van der Waals surface area contributed by atoms with E-state index in [2.05, 4.69) is 17.6 Å². The first kappa shape index (κ1) is 22.0. The lowest BCUT2D eigenvalue weighted by Gasteiger charge is -2.12. The van der Waals surface area contributed by atoms with Crippen molar-refractivity contribution >= 4 is 24.0 Å². The number of hydrogen-bond donors (Lipinski definition) is 2. The number of ether oxygens (including phenoxy) is 2. The number of hydrogen-bond acceptors (Lipinski definition) is 4. The molecule has 0 unspecified atom stereocenters. The molecular formula is C20H27ClN2O3. The van der Waals surface area contributed by atoms with E-state index >= 15 is 0 Å². The average Bonchev–Trinajstić information content (AvgIpc) is 2.65. The Bertz CT molecular complexity index is 662. The number of benzene rings is 2. The van der Waals surface area contributed by atoms with Crippen LogP contribution < -0.4 is 15.4 Å². The van der Waals surface area contributed by atoms with E-state index in [0.29, 0.717) is 18.8 Å². The molecule has 142 valence electrons. The van der Waals surface area contributed by atoms with Crippen LogP contribution in [0.4, 0.5) is 5.69 Å². The quantitative estimate of drug-likeness (QED) is 0.616. The minimum atomic E-state index is -0.130. The van der Waals surface area contributed by atoms with Crippen LogP contribution in [0.3, 0.4) is 0 Å². The fourth-order valence-corrected chi connectivity index (χ4v) is 2.35. The van der Waals surface area contributed by atoms with Gasteiger partial charge in [-0.1, -0.05) is 25.1 Å². The highest BCUT2D eigenvalue weighted by Gasteiger charge is 2.09. The third kappa shape index (κ3) is 7.04. The largest absolute Gasteiger partial charge is 0.494 e. The van der Waals surface area contributed by atoms with Crippen LogP contribution in [0.15, 0.2) is 48.5 Å². The standard InChI is InChI=1S/C20H26N2O3.ClH/c1-3-21-15-17-7-4-5-8-19(17)22-20(23)16-9-11-18(12-10-16)25-14-6-13-24-2;/h4-5,7-12,21H,3,6,13-15H2,1-2H3,(H,22,23);1H. The SMILES string of the molecule is CCNCc1ccccc1NC(=O)c1ccc(OCCCOC)cc1.Cl. The lowest BCUT2D eigenvalue weighted by Crippen LogP contribution is -2.17. The zero-order valence-corrected chi connectivity index (χ0v) is 16.1. The predicted molar refractivity (Wildman–Crippen MR) is 107 cm³/mol. The Balaban J connectivity index is 0.00000338. The Kier molecular flexibility index (Phi) is 10.4. The number of rotatable bonds is 10. The van der Waals surface area contributed by atoms with Crippen LogP contribution in [0.1, 0.15) is 29.3 Å². The molecule has 0 aliphatic rings. The number of methoxy groups -OCH3 is 1. The van der Waals surface area contributed by atoms with Crippen molar-refractivity contribution in [1.29, 1.82) is 0 Å². The number of nitrogens with one attached hydrogen (secondary N) is 2. The molecule has 2 aromatic carbocycles. The molecule has 0 aliphatic carbocycles. The number of carbonyl (C=O) groups is 1. The van der Waals surface area contributed by atoms with Crippen LogP contribution in [0.25, 0.3) is 0 Å². The third-order valence-electron chi connectivity index (χ3n) is 3.71. The first-order valence-corrected chi connectivity index (χ1v) is 8.56. The average molecular weight is 379 g/mol. The molecule has 0 bridgehead atoms. The molecule has 0 fully saturated rings. The van der Waals surface area contributed by atoms with Crippen molar-refractivity contribution in [1.82, 2.24) is 5.32 Å². The van der Waals surface area contributed by atoms with Gasteiger partial charge in [0.05, 0.1) is 6.61 Å². The summed E-state index contributed by atoms with van der Waals surface area (Å²) in [4.78, 5) is 12.5. The Morgan fingerprint density at radius 3 is 2.46 bits per heavy atom. The molecule has 0 spiro atoms. The molecule has 0 saturated carbocycles. The first-order valence-electron chi connectivity index (χ1n) is 8.56. The fourth-order valence-electron chi connectivity index (χ4n) is 2.35. The highest BCUT2D eigenvalue weighted by molar-refractivity contribution is 6.04. The van der Waals surface area contributed by atoms with E-state index < -0.39 is 0 Å². The van der Waals surface area contributed by atoms with Crippen molar-refractivity contribution in [2.75, 3.05) is 32.2 Å². The van der Waals surface area contributed by atoms with Crippen molar-refractivity contribution in [3.8, 4) is 5.75 Å². The molecular weight excluding hydrogens is 352 g/mol. The van der Waals surface area contributed by atoms with E-state index in [1.54, 1.807) is 19.2 Å². The van der Waals surface area contributed by atoms with Crippen LogP contribution in [-0.4, -0.2) is 32.8 Å². The van der Waals surface area contributed by atoms with Crippen molar-refractivity contribution in [3.05, 3.63) is 59.7 Å². The minimum absolute atomic E-state index is 0. The second kappa shape index (κ2) is 12.3. The highest BCUT2D eigenvalue weighted by atomic mass is 35.5. The predicted octanol–water partition coefficient (Wildman–Crippen LogP) is 3.89. The zero-order valence-electron chi connectivity index (χ0n) is 15.3. The molecule has 5 nitrogen and oxygen atoms in total. The molecule has 2 N–H and O–H groups in total. The highest BCUT2D eigenvalue weighted by Crippen LogP contribution is 2.18. The Labute approximate surface area is 161 Å². The molecule has 0 aliphatic heterocycles. The molecule has 26 heavy (non-hydrogen) atoms. The summed E-state index contributed by atoms with van der Waals surface area (Å²) in [5.41, 5.74) is 2.49. The Morgan fingerprint density at radius 1 is 1.04 bits per heavy atom. The third-order valence-corrected chi connectivity index (χ3v) is 3.71. The van der Waals surface area contributed by atoms with Crippen molar-refractivity contribution in [3.63, 3.8) is 0 Å². The van der Waals surface area contributed by atoms with Gasteiger partial charge in [-0.25, -0.2) is 0 Å². The zero-order chi connectivity index (χ0) is 17.9. The lowest BCUT2D eigenvalue weighted by atomic mass is 10.1. The molecule has 2 rings (SSSR count). The van der Waals surface area contributed by atoms with Crippen LogP contribution in [0, 0.1) is 0 Å². The van der Waals surface area contributed by atoms with Gasteiger partial charge < -0.3 is 20.1 Å². The monoisotopic (exact) mass is 378 g/mol. The summed E-state index contributed by atoms with van der Waals surface area (Å²) in [6.07, 6.45) is 0.835. The number of carbonyl (C=O) groups excluding carboxylic acids is 1. The number of amides is 1. The van der Waals surface area contributed by atoms with Crippen LogP contribution >= 0.6 is 12.4 Å². The number of para-hydroxylation sites is 1. The summed E-state index contributed by atoms with van der Waals surface area (Å²) >= 11 is 0. The minimum Gasteiger partial charge on any atom is -0.494 e. The molecule has 0 aromatic heterocycles. The molecule has 0 radical (unpaired) electrons. The van der Waals surface area contributed by atoms with E-state index in [4.69, 9.17) is 9.47 Å². The fraction of sp³-hybridized carbons (Fsp3) is 0.350. The van der Waals surface area contributed by atoms with Crippen LogP contribution in [0.2, 0.25) is 0 Å². The van der Waals surface area contributed by atoms with Gasteiger partial charge in [-0.05, 0) is 42.4 Å². The molecule has 0 saturated heterocycles. The summed E-state index contributed by atoms with van der Waals surface area (Å²) in [6, 6.07) is 15.0. The molecule has 0 heterocycles. The summed E-state index contributed by atoms with van der Waals surface area (Å²) in [5.74, 6) is 0.620. The maximum Gasteiger partial charge on any atom is 0.255 e.